The van der Waals surface area contributed by atoms with Crippen LogP contribution < -0.4 is 10.6 Å². The SMILES string of the molecule is CN1C(=O)C(CC(=O)N2CCC(CN)CC2)(Cc2ccccc2)c2ccccc21. The van der Waals surface area contributed by atoms with Gasteiger partial charge in [0.2, 0.25) is 11.8 Å². The largest absolute Gasteiger partial charge is 0.343 e. The smallest absolute Gasteiger partial charge is 0.238 e. The molecule has 4 rings (SSSR count). The van der Waals surface area contributed by atoms with Crippen LogP contribution in [0.1, 0.15) is 30.4 Å². The van der Waals surface area contributed by atoms with Crippen LogP contribution >= 0.6 is 0 Å². The van der Waals surface area contributed by atoms with Crippen molar-refractivity contribution in [3.8, 4) is 0 Å². The number of hydrogen-bond acceptors (Lipinski definition) is 3. The Kier molecular flexibility index (Phi) is 5.41. The quantitative estimate of drug-likeness (QED) is 0.852. The molecule has 2 N–H and O–H groups in total. The number of carbonyl (C=O) groups is 2. The van der Waals surface area contributed by atoms with E-state index in [1.807, 2.05) is 66.5 Å². The minimum atomic E-state index is -0.853. The highest BCUT2D eigenvalue weighted by Gasteiger charge is 2.51. The zero-order valence-electron chi connectivity index (χ0n) is 17.0. The molecule has 1 unspecified atom stereocenters. The van der Waals surface area contributed by atoms with Crippen LogP contribution in [-0.4, -0.2) is 43.4 Å². The lowest BCUT2D eigenvalue weighted by Gasteiger charge is -2.35. The number of hydrogen-bond donors (Lipinski definition) is 1. The minimum Gasteiger partial charge on any atom is -0.343 e. The second-order valence-electron chi connectivity index (χ2n) is 8.36. The predicted molar refractivity (Wildman–Crippen MR) is 115 cm³/mol. The van der Waals surface area contributed by atoms with Gasteiger partial charge in [0.25, 0.3) is 0 Å². The van der Waals surface area contributed by atoms with Crippen LogP contribution in [0.4, 0.5) is 5.69 Å². The second kappa shape index (κ2) is 7.99. The van der Waals surface area contributed by atoms with Gasteiger partial charge in [-0.05, 0) is 48.9 Å². The fourth-order valence-electron chi connectivity index (χ4n) is 4.85. The van der Waals surface area contributed by atoms with Crippen molar-refractivity contribution in [2.24, 2.45) is 11.7 Å². The predicted octanol–water partition coefficient (Wildman–Crippen LogP) is 2.73. The molecule has 2 heterocycles. The Balaban J connectivity index is 1.67. The highest BCUT2D eigenvalue weighted by Crippen LogP contribution is 2.46. The average Bonchev–Trinajstić information content (AvgIpc) is 2.97. The first-order valence-electron chi connectivity index (χ1n) is 10.4. The number of nitrogens with zero attached hydrogens (tertiary/aromatic N) is 2. The molecule has 2 aliphatic rings. The fourth-order valence-corrected chi connectivity index (χ4v) is 4.85. The zero-order valence-corrected chi connectivity index (χ0v) is 17.0. The number of likely N-dealkylation sites (tertiary alicyclic amines) is 1. The molecule has 2 amide bonds. The highest BCUT2D eigenvalue weighted by molar-refractivity contribution is 6.09. The number of rotatable bonds is 5. The van der Waals surface area contributed by atoms with Gasteiger partial charge in [-0.2, -0.15) is 0 Å². The van der Waals surface area contributed by atoms with Crippen LogP contribution in [0.15, 0.2) is 54.6 Å². The summed E-state index contributed by atoms with van der Waals surface area (Å²) in [7, 11) is 1.81. The van der Waals surface area contributed by atoms with E-state index in [-0.39, 0.29) is 18.2 Å². The Morgan fingerprint density at radius 3 is 2.41 bits per heavy atom. The third-order valence-electron chi connectivity index (χ3n) is 6.60. The number of para-hydroxylation sites is 1. The zero-order chi connectivity index (χ0) is 20.4. The van der Waals surface area contributed by atoms with E-state index in [1.165, 1.54) is 0 Å². The molecule has 0 spiro atoms. The molecule has 2 aromatic carbocycles. The maximum atomic E-state index is 13.5. The molecule has 1 fully saturated rings. The van der Waals surface area contributed by atoms with Gasteiger partial charge in [-0.1, -0.05) is 48.5 Å². The summed E-state index contributed by atoms with van der Waals surface area (Å²) in [6.45, 7) is 2.14. The standard InChI is InChI=1S/C24H29N3O2/c1-26-21-10-6-5-9-20(21)24(23(26)29,15-18-7-3-2-4-8-18)16-22(28)27-13-11-19(17-25)12-14-27/h2-10,19H,11-17,25H2,1H3. The van der Waals surface area contributed by atoms with Crippen molar-refractivity contribution in [2.45, 2.75) is 31.1 Å². The molecule has 0 aliphatic carbocycles. The molecule has 5 heteroatoms. The number of likely N-dealkylation sites (N-methyl/N-ethyl adjacent to an activating group) is 1. The maximum Gasteiger partial charge on any atom is 0.238 e. The molecule has 0 aromatic heterocycles. The molecule has 5 nitrogen and oxygen atoms in total. The number of anilines is 1. The van der Waals surface area contributed by atoms with Crippen LogP contribution in [0.2, 0.25) is 0 Å². The van der Waals surface area contributed by atoms with Gasteiger partial charge in [-0.25, -0.2) is 0 Å². The molecule has 0 radical (unpaired) electrons. The molecular weight excluding hydrogens is 362 g/mol. The van der Waals surface area contributed by atoms with E-state index in [0.29, 0.717) is 18.9 Å². The van der Waals surface area contributed by atoms with Gasteiger partial charge in [0.05, 0.1) is 5.41 Å². The summed E-state index contributed by atoms with van der Waals surface area (Å²) >= 11 is 0. The molecule has 152 valence electrons. The van der Waals surface area contributed by atoms with Gasteiger partial charge in [0.1, 0.15) is 0 Å². The average molecular weight is 392 g/mol. The third-order valence-corrected chi connectivity index (χ3v) is 6.60. The van der Waals surface area contributed by atoms with Crippen LogP contribution in [0.3, 0.4) is 0 Å². The lowest BCUT2D eigenvalue weighted by Crippen LogP contribution is -2.47. The van der Waals surface area contributed by atoms with Crippen LogP contribution in [0.25, 0.3) is 0 Å². The number of carbonyl (C=O) groups excluding carboxylic acids is 2. The maximum absolute atomic E-state index is 13.5. The summed E-state index contributed by atoms with van der Waals surface area (Å²) in [6.07, 6.45) is 2.62. The molecule has 0 bridgehead atoms. The van der Waals surface area contributed by atoms with Crippen molar-refractivity contribution in [1.29, 1.82) is 0 Å². The third kappa shape index (κ3) is 3.55. The van der Waals surface area contributed by atoms with Crippen LogP contribution in [0.5, 0.6) is 0 Å². The topological polar surface area (TPSA) is 66.6 Å². The van der Waals surface area contributed by atoms with Gasteiger partial charge in [-0.15, -0.1) is 0 Å². The molecule has 0 saturated carbocycles. The lowest BCUT2D eigenvalue weighted by atomic mass is 9.73. The van der Waals surface area contributed by atoms with E-state index in [0.717, 1.165) is 42.7 Å². The minimum absolute atomic E-state index is 0.00717. The normalized spacial score (nSPS) is 22.1. The van der Waals surface area contributed by atoms with Crippen molar-refractivity contribution in [1.82, 2.24) is 4.90 Å². The number of piperidine rings is 1. The first-order chi connectivity index (χ1) is 14.0. The van der Waals surface area contributed by atoms with Gasteiger partial charge < -0.3 is 15.5 Å². The number of amides is 2. The fraction of sp³-hybridized carbons (Fsp3) is 0.417. The Bertz CT molecular complexity index is 890. The Morgan fingerprint density at radius 1 is 1.07 bits per heavy atom. The molecule has 1 atom stereocenters. The van der Waals surface area contributed by atoms with Gasteiger partial charge in [-0.3, -0.25) is 9.59 Å². The molecule has 1 saturated heterocycles. The summed E-state index contributed by atoms with van der Waals surface area (Å²) in [5, 5.41) is 0. The van der Waals surface area contributed by atoms with E-state index in [1.54, 1.807) is 4.90 Å². The summed E-state index contributed by atoms with van der Waals surface area (Å²) in [5.41, 5.74) is 7.88. The summed E-state index contributed by atoms with van der Waals surface area (Å²) in [4.78, 5) is 30.5. The van der Waals surface area contributed by atoms with Crippen LogP contribution in [0, 0.1) is 5.92 Å². The Morgan fingerprint density at radius 2 is 1.72 bits per heavy atom. The van der Waals surface area contributed by atoms with Gasteiger partial charge in [0.15, 0.2) is 0 Å². The van der Waals surface area contributed by atoms with Crippen molar-refractivity contribution < 1.29 is 9.59 Å². The first kappa shape index (κ1) is 19.6. The summed E-state index contributed by atoms with van der Waals surface area (Å²) in [6, 6.07) is 17.9. The number of fused-ring (bicyclic) bond motifs is 1. The van der Waals surface area contributed by atoms with Crippen molar-refractivity contribution in [3.63, 3.8) is 0 Å². The summed E-state index contributed by atoms with van der Waals surface area (Å²) in [5.74, 6) is 0.569. The number of nitrogens with two attached hydrogens (primary N) is 1. The lowest BCUT2D eigenvalue weighted by molar-refractivity contribution is -0.137. The molecule has 2 aliphatic heterocycles. The van der Waals surface area contributed by atoms with E-state index in [9.17, 15) is 9.59 Å². The Labute approximate surface area is 172 Å². The van der Waals surface area contributed by atoms with Crippen molar-refractivity contribution in [2.75, 3.05) is 31.6 Å². The Hall–Kier alpha value is -2.66. The van der Waals surface area contributed by atoms with Gasteiger partial charge in [0, 0.05) is 32.2 Å². The molecular formula is C24H29N3O2. The van der Waals surface area contributed by atoms with Crippen LogP contribution in [-0.2, 0) is 21.4 Å². The number of benzene rings is 2. The molecule has 29 heavy (non-hydrogen) atoms. The van der Waals surface area contributed by atoms with E-state index in [4.69, 9.17) is 5.73 Å². The monoisotopic (exact) mass is 391 g/mol. The van der Waals surface area contributed by atoms with Gasteiger partial charge >= 0.3 is 0 Å². The first-order valence-corrected chi connectivity index (χ1v) is 10.4. The van der Waals surface area contributed by atoms with E-state index < -0.39 is 5.41 Å². The van der Waals surface area contributed by atoms with E-state index in [2.05, 4.69) is 0 Å². The van der Waals surface area contributed by atoms with E-state index >= 15 is 0 Å². The molecule has 2 aromatic rings. The second-order valence-corrected chi connectivity index (χ2v) is 8.36. The highest BCUT2D eigenvalue weighted by atomic mass is 16.2. The van der Waals surface area contributed by atoms with Crippen molar-refractivity contribution >= 4 is 17.5 Å². The summed E-state index contributed by atoms with van der Waals surface area (Å²) < 4.78 is 0. The van der Waals surface area contributed by atoms with Crippen molar-refractivity contribution in [3.05, 3.63) is 65.7 Å².